The molecule has 0 radical (unpaired) electrons. The summed E-state index contributed by atoms with van der Waals surface area (Å²) in [6.07, 6.45) is 1.79. The first-order valence-corrected chi connectivity index (χ1v) is 7.00. The van der Waals surface area contributed by atoms with Crippen LogP contribution in [0, 0.1) is 18.3 Å². The Morgan fingerprint density at radius 3 is 2.86 bits per heavy atom. The first kappa shape index (κ1) is 14.8. The molecule has 5 nitrogen and oxygen atoms in total. The molecule has 5 heteroatoms. The highest BCUT2D eigenvalue weighted by Gasteiger charge is 2.08. The predicted molar refractivity (Wildman–Crippen MR) is 83.7 cm³/mol. The minimum Gasteiger partial charge on any atom is -0.383 e. The summed E-state index contributed by atoms with van der Waals surface area (Å²) < 4.78 is 0. The van der Waals surface area contributed by atoms with Crippen LogP contribution < -0.4 is 11.1 Å². The van der Waals surface area contributed by atoms with Crippen LogP contribution in [0.4, 0.5) is 11.6 Å². The van der Waals surface area contributed by atoms with Gasteiger partial charge in [0.05, 0.1) is 11.6 Å². The van der Waals surface area contributed by atoms with Gasteiger partial charge < -0.3 is 11.1 Å². The second-order valence-electron chi connectivity index (χ2n) is 4.91. The van der Waals surface area contributed by atoms with Crippen molar-refractivity contribution in [3.63, 3.8) is 0 Å². The van der Waals surface area contributed by atoms with Crippen molar-refractivity contribution in [3.05, 3.63) is 46.8 Å². The van der Waals surface area contributed by atoms with Crippen LogP contribution in [0.5, 0.6) is 0 Å². The smallest absolute Gasteiger partial charge is 0.135 e. The zero-order valence-corrected chi connectivity index (χ0v) is 12.3. The van der Waals surface area contributed by atoms with E-state index in [2.05, 4.69) is 28.3 Å². The second kappa shape index (κ2) is 6.71. The van der Waals surface area contributed by atoms with Crippen LogP contribution in [0.2, 0.25) is 0 Å². The summed E-state index contributed by atoms with van der Waals surface area (Å²) in [4.78, 5) is 8.80. The normalized spacial score (nSPS) is 10.1. The van der Waals surface area contributed by atoms with Gasteiger partial charge in [0.2, 0.25) is 0 Å². The highest BCUT2D eigenvalue weighted by molar-refractivity contribution is 5.55. The van der Waals surface area contributed by atoms with Crippen molar-refractivity contribution in [1.29, 1.82) is 5.26 Å². The molecule has 108 valence electrons. The van der Waals surface area contributed by atoms with E-state index in [0.29, 0.717) is 17.9 Å². The zero-order chi connectivity index (χ0) is 15.2. The molecule has 0 aliphatic carbocycles. The molecule has 0 fully saturated rings. The second-order valence-corrected chi connectivity index (χ2v) is 4.91. The SMILES string of the molecule is CCCc1nc(N)c(C)c(NCc2cccc(C#N)c2)n1. The molecule has 0 saturated carbocycles. The molecule has 0 saturated heterocycles. The van der Waals surface area contributed by atoms with E-state index in [9.17, 15) is 0 Å². The zero-order valence-electron chi connectivity index (χ0n) is 12.3. The van der Waals surface area contributed by atoms with E-state index in [1.165, 1.54) is 0 Å². The van der Waals surface area contributed by atoms with Gasteiger partial charge in [-0.15, -0.1) is 0 Å². The summed E-state index contributed by atoms with van der Waals surface area (Å²) >= 11 is 0. The molecule has 0 atom stereocenters. The molecule has 21 heavy (non-hydrogen) atoms. The van der Waals surface area contributed by atoms with Gasteiger partial charge in [0.25, 0.3) is 0 Å². The molecule has 0 aliphatic rings. The number of hydrogen-bond donors (Lipinski definition) is 2. The summed E-state index contributed by atoms with van der Waals surface area (Å²) in [5.74, 6) is 2.03. The van der Waals surface area contributed by atoms with Gasteiger partial charge in [-0.2, -0.15) is 5.26 Å². The lowest BCUT2D eigenvalue weighted by molar-refractivity contribution is 0.833. The van der Waals surface area contributed by atoms with E-state index in [-0.39, 0.29) is 0 Å². The summed E-state index contributed by atoms with van der Waals surface area (Å²) in [5, 5.41) is 12.2. The van der Waals surface area contributed by atoms with E-state index in [0.717, 1.165) is 35.6 Å². The maximum absolute atomic E-state index is 8.92. The topological polar surface area (TPSA) is 87.6 Å². The van der Waals surface area contributed by atoms with Crippen molar-refractivity contribution < 1.29 is 0 Å². The minimum atomic E-state index is 0.515. The summed E-state index contributed by atoms with van der Waals surface area (Å²) in [7, 11) is 0. The number of hydrogen-bond acceptors (Lipinski definition) is 5. The molecular formula is C16H19N5. The van der Waals surface area contributed by atoms with Gasteiger partial charge >= 0.3 is 0 Å². The van der Waals surface area contributed by atoms with Gasteiger partial charge in [-0.3, -0.25) is 0 Å². The molecule has 1 aromatic heterocycles. The van der Waals surface area contributed by atoms with Gasteiger partial charge in [-0.25, -0.2) is 9.97 Å². The molecule has 0 amide bonds. The summed E-state index contributed by atoms with van der Waals surface area (Å²) in [6.45, 7) is 4.58. The van der Waals surface area contributed by atoms with Crippen molar-refractivity contribution in [2.45, 2.75) is 33.2 Å². The van der Waals surface area contributed by atoms with Crippen molar-refractivity contribution in [3.8, 4) is 6.07 Å². The number of aromatic nitrogens is 2. The fraction of sp³-hybridized carbons (Fsp3) is 0.312. The summed E-state index contributed by atoms with van der Waals surface area (Å²) in [5.41, 5.74) is 8.47. The first-order valence-electron chi connectivity index (χ1n) is 7.00. The third kappa shape index (κ3) is 3.69. The highest BCUT2D eigenvalue weighted by Crippen LogP contribution is 2.18. The highest BCUT2D eigenvalue weighted by atomic mass is 15.1. The fourth-order valence-corrected chi connectivity index (χ4v) is 2.03. The number of nitrogen functional groups attached to an aromatic ring is 1. The lowest BCUT2D eigenvalue weighted by Crippen LogP contribution is -2.09. The van der Waals surface area contributed by atoms with Gasteiger partial charge in [0.1, 0.15) is 17.5 Å². The van der Waals surface area contributed by atoms with Crippen molar-refractivity contribution >= 4 is 11.6 Å². The van der Waals surface area contributed by atoms with Crippen LogP contribution in [0.25, 0.3) is 0 Å². The molecule has 2 aromatic rings. The van der Waals surface area contributed by atoms with Gasteiger partial charge in [-0.1, -0.05) is 19.1 Å². The van der Waals surface area contributed by atoms with Crippen LogP contribution in [-0.4, -0.2) is 9.97 Å². The predicted octanol–water partition coefficient (Wildman–Crippen LogP) is 2.80. The number of nitriles is 1. The van der Waals surface area contributed by atoms with Gasteiger partial charge in [-0.05, 0) is 31.0 Å². The third-order valence-electron chi connectivity index (χ3n) is 3.22. The maximum Gasteiger partial charge on any atom is 0.135 e. The molecule has 0 bridgehead atoms. The molecule has 0 aliphatic heterocycles. The van der Waals surface area contributed by atoms with E-state index in [1.807, 2.05) is 25.1 Å². The minimum absolute atomic E-state index is 0.515. The summed E-state index contributed by atoms with van der Waals surface area (Å²) in [6, 6.07) is 9.64. The average molecular weight is 281 g/mol. The molecule has 3 N–H and O–H groups in total. The van der Waals surface area contributed by atoms with E-state index in [4.69, 9.17) is 11.0 Å². The van der Waals surface area contributed by atoms with E-state index in [1.54, 1.807) is 6.07 Å². The standard InChI is InChI=1S/C16H19N5/c1-3-5-14-20-15(18)11(2)16(21-14)19-10-13-7-4-6-12(8-13)9-17/h4,6-8H,3,5,10H2,1-2H3,(H3,18,19,20,21). The van der Waals surface area contributed by atoms with Crippen LogP contribution >= 0.6 is 0 Å². The first-order chi connectivity index (χ1) is 10.1. The van der Waals surface area contributed by atoms with Gasteiger partial charge in [0, 0.05) is 18.5 Å². The van der Waals surface area contributed by atoms with Crippen molar-refractivity contribution in [2.24, 2.45) is 0 Å². The number of nitrogens with one attached hydrogen (secondary N) is 1. The number of nitrogens with zero attached hydrogens (tertiary/aromatic N) is 3. The monoisotopic (exact) mass is 281 g/mol. The van der Waals surface area contributed by atoms with E-state index >= 15 is 0 Å². The molecular weight excluding hydrogens is 262 g/mol. The number of benzene rings is 1. The molecule has 0 spiro atoms. The Morgan fingerprint density at radius 2 is 2.14 bits per heavy atom. The lowest BCUT2D eigenvalue weighted by atomic mass is 10.1. The molecule has 0 unspecified atom stereocenters. The van der Waals surface area contributed by atoms with Crippen LogP contribution in [0.3, 0.4) is 0 Å². The average Bonchev–Trinajstić information content (AvgIpc) is 2.50. The fourth-order valence-electron chi connectivity index (χ4n) is 2.03. The van der Waals surface area contributed by atoms with Crippen molar-refractivity contribution in [2.75, 3.05) is 11.1 Å². The Labute approximate surface area is 124 Å². The maximum atomic E-state index is 8.92. The molecule has 1 aromatic carbocycles. The largest absolute Gasteiger partial charge is 0.383 e. The number of nitrogens with two attached hydrogens (primary N) is 1. The van der Waals surface area contributed by atoms with Gasteiger partial charge in [0.15, 0.2) is 0 Å². The Bertz CT molecular complexity index is 673. The van der Waals surface area contributed by atoms with Crippen LogP contribution in [0.15, 0.2) is 24.3 Å². The number of anilines is 2. The van der Waals surface area contributed by atoms with Crippen LogP contribution in [0.1, 0.15) is 35.9 Å². The van der Waals surface area contributed by atoms with Crippen molar-refractivity contribution in [1.82, 2.24) is 9.97 Å². The third-order valence-corrected chi connectivity index (χ3v) is 3.22. The Kier molecular flexibility index (Phi) is 4.72. The lowest BCUT2D eigenvalue weighted by Gasteiger charge is -2.12. The Balaban J connectivity index is 2.17. The Morgan fingerprint density at radius 1 is 1.33 bits per heavy atom. The van der Waals surface area contributed by atoms with E-state index < -0.39 is 0 Å². The number of aryl methyl sites for hydroxylation is 1. The Hall–Kier alpha value is -2.61. The van der Waals surface area contributed by atoms with Crippen LogP contribution in [-0.2, 0) is 13.0 Å². The number of rotatable bonds is 5. The quantitative estimate of drug-likeness (QED) is 0.879. The molecule has 1 heterocycles. The molecule has 2 rings (SSSR count).